The van der Waals surface area contributed by atoms with E-state index in [1.165, 1.54) is 6.07 Å². The van der Waals surface area contributed by atoms with Crippen LogP contribution in [-0.2, 0) is 30.2 Å². The summed E-state index contributed by atoms with van der Waals surface area (Å²) in [5, 5.41) is 9.93. The molecule has 2 aliphatic heterocycles. The van der Waals surface area contributed by atoms with Gasteiger partial charge in [0.2, 0.25) is 0 Å². The van der Waals surface area contributed by atoms with Crippen molar-refractivity contribution in [2.45, 2.75) is 32.4 Å². The third-order valence-electron chi connectivity index (χ3n) is 7.65. The van der Waals surface area contributed by atoms with Crippen LogP contribution < -0.4 is 14.4 Å². The number of ether oxygens (including phenoxy) is 3. The Hall–Kier alpha value is -3.37. The van der Waals surface area contributed by atoms with Gasteiger partial charge in [0.05, 0.1) is 42.0 Å². The van der Waals surface area contributed by atoms with E-state index in [0.717, 1.165) is 54.3 Å². The maximum Gasteiger partial charge on any atom is 0.278 e. The van der Waals surface area contributed by atoms with Crippen molar-refractivity contribution in [2.75, 3.05) is 44.8 Å². The maximum absolute atomic E-state index is 14.8. The summed E-state index contributed by atoms with van der Waals surface area (Å²) < 4.78 is 34.8. The lowest BCUT2D eigenvalue weighted by atomic mass is 10.1. The summed E-state index contributed by atoms with van der Waals surface area (Å²) in [6.45, 7) is 6.95. The number of nitrogens with zero attached hydrogens (tertiary/aromatic N) is 4. The second-order valence-electron chi connectivity index (χ2n) is 10.3. The maximum atomic E-state index is 14.8. The van der Waals surface area contributed by atoms with Crippen LogP contribution in [0.3, 0.4) is 0 Å². The molecular weight excluding hydrogens is 535 g/mol. The number of methoxy groups -OCH3 is 1. The van der Waals surface area contributed by atoms with Gasteiger partial charge in [0.25, 0.3) is 5.79 Å². The quantitative estimate of drug-likeness (QED) is 0.324. The number of anilines is 1. The Morgan fingerprint density at radius 2 is 1.90 bits per heavy atom. The second kappa shape index (κ2) is 10.9. The van der Waals surface area contributed by atoms with Gasteiger partial charge in [-0.15, -0.1) is 0 Å². The zero-order chi connectivity index (χ0) is 27.9. The third kappa shape index (κ3) is 4.99. The first-order chi connectivity index (χ1) is 19.4. The summed E-state index contributed by atoms with van der Waals surface area (Å²) in [6, 6.07) is 16.2. The van der Waals surface area contributed by atoms with Gasteiger partial charge in [-0.2, -0.15) is 0 Å². The monoisotopic (exact) mass is 566 g/mol. The van der Waals surface area contributed by atoms with Crippen molar-refractivity contribution in [1.29, 1.82) is 0 Å². The van der Waals surface area contributed by atoms with E-state index in [-0.39, 0.29) is 6.61 Å². The van der Waals surface area contributed by atoms with Crippen molar-refractivity contribution in [3.8, 4) is 11.5 Å². The van der Waals surface area contributed by atoms with Crippen molar-refractivity contribution < 1.29 is 23.7 Å². The van der Waals surface area contributed by atoms with Crippen LogP contribution in [-0.4, -0.2) is 59.5 Å². The molecule has 3 aromatic carbocycles. The highest BCUT2D eigenvalue weighted by atomic mass is 35.5. The van der Waals surface area contributed by atoms with Crippen molar-refractivity contribution in [3.05, 3.63) is 82.4 Å². The molecule has 0 spiro atoms. The number of aromatic nitrogens is 2. The first kappa shape index (κ1) is 26.8. The Labute approximate surface area is 237 Å². The smallest absolute Gasteiger partial charge is 0.278 e. The number of benzene rings is 3. The Kier molecular flexibility index (Phi) is 7.31. The Morgan fingerprint density at radius 3 is 2.65 bits per heavy atom. The van der Waals surface area contributed by atoms with Gasteiger partial charge in [0.15, 0.2) is 11.5 Å². The van der Waals surface area contributed by atoms with Crippen LogP contribution >= 0.6 is 11.6 Å². The van der Waals surface area contributed by atoms with Gasteiger partial charge >= 0.3 is 0 Å². The summed E-state index contributed by atoms with van der Waals surface area (Å²) in [7, 11) is 1.70. The lowest BCUT2D eigenvalue weighted by Crippen LogP contribution is -2.46. The summed E-state index contributed by atoms with van der Waals surface area (Å²) in [4.78, 5) is 9.58. The topological polar surface area (TPSA) is 72.2 Å². The van der Waals surface area contributed by atoms with Gasteiger partial charge in [0, 0.05) is 51.8 Å². The molecule has 0 bridgehead atoms. The Morgan fingerprint density at radius 1 is 1.07 bits per heavy atom. The van der Waals surface area contributed by atoms with Crippen LogP contribution in [0.4, 0.5) is 10.1 Å². The molecule has 0 amide bonds. The minimum Gasteiger partial charge on any atom is -0.444 e. The molecule has 1 N–H and O–H groups in total. The number of fused-ring (bicyclic) bond motifs is 2. The van der Waals surface area contributed by atoms with Crippen molar-refractivity contribution in [1.82, 2.24) is 14.5 Å². The summed E-state index contributed by atoms with van der Waals surface area (Å²) in [5.74, 6) is 0.432. The number of aliphatic hydroxyl groups is 1. The summed E-state index contributed by atoms with van der Waals surface area (Å²) >= 11 is 5.96. The molecule has 0 saturated carbocycles. The predicted molar refractivity (Wildman–Crippen MR) is 151 cm³/mol. The van der Waals surface area contributed by atoms with E-state index in [1.807, 2.05) is 36.4 Å². The highest BCUT2D eigenvalue weighted by Gasteiger charge is 2.42. The van der Waals surface area contributed by atoms with Crippen LogP contribution in [0.5, 0.6) is 11.5 Å². The molecule has 10 heteroatoms. The normalized spacial score (nSPS) is 19.1. The number of piperazine rings is 1. The summed E-state index contributed by atoms with van der Waals surface area (Å²) in [6.07, 6.45) is 0. The highest BCUT2D eigenvalue weighted by molar-refractivity contribution is 6.30. The van der Waals surface area contributed by atoms with E-state index in [9.17, 15) is 9.50 Å². The van der Waals surface area contributed by atoms with E-state index >= 15 is 0 Å². The fourth-order valence-corrected chi connectivity index (χ4v) is 5.70. The van der Waals surface area contributed by atoms with Crippen molar-refractivity contribution >= 4 is 28.3 Å². The largest absolute Gasteiger partial charge is 0.444 e. The first-order valence-corrected chi connectivity index (χ1v) is 13.8. The van der Waals surface area contributed by atoms with E-state index < -0.39 is 11.6 Å². The van der Waals surface area contributed by atoms with Crippen LogP contribution in [0.1, 0.15) is 23.9 Å². The third-order valence-corrected chi connectivity index (χ3v) is 7.89. The SMILES string of the molecule is COCCn1c(CN2CCN(c3cccc4c3OC(C)(c3ccc(Cl)cc3F)O4)CC2)nc2ccc(CO)cc21. The standard InChI is InChI=1S/C30H32ClFN4O4/c1-30(22-8-7-21(31)17-23(22)32)39-27-5-3-4-25(29(27)40-30)35-12-10-34(11-13-35)18-28-33-24-9-6-20(19-37)16-26(24)36(28)14-15-38-2/h3-9,16-17,37H,10-15,18-19H2,1-2H3. The molecule has 1 fully saturated rings. The van der Waals surface area contributed by atoms with Crippen LogP contribution in [0, 0.1) is 5.82 Å². The number of imidazole rings is 1. The molecule has 3 heterocycles. The molecule has 1 saturated heterocycles. The molecule has 1 atom stereocenters. The van der Waals surface area contributed by atoms with Gasteiger partial charge < -0.3 is 28.8 Å². The molecule has 6 rings (SSSR count). The number of rotatable bonds is 8. The minimum atomic E-state index is -1.29. The fraction of sp³-hybridized carbons (Fsp3) is 0.367. The van der Waals surface area contributed by atoms with Crippen LogP contribution in [0.25, 0.3) is 11.0 Å². The number of hydrogen-bond donors (Lipinski definition) is 1. The Balaban J connectivity index is 1.17. The van der Waals surface area contributed by atoms with E-state index in [2.05, 4.69) is 14.4 Å². The van der Waals surface area contributed by atoms with E-state index in [0.29, 0.717) is 41.8 Å². The number of para-hydroxylation sites is 1. The van der Waals surface area contributed by atoms with Gasteiger partial charge in [-0.25, -0.2) is 9.37 Å². The van der Waals surface area contributed by atoms with Gasteiger partial charge in [0.1, 0.15) is 11.6 Å². The molecule has 0 aliphatic carbocycles. The molecule has 4 aromatic rings. The molecule has 1 unspecified atom stereocenters. The molecular formula is C30H32ClFN4O4. The van der Waals surface area contributed by atoms with Crippen molar-refractivity contribution in [2.24, 2.45) is 0 Å². The first-order valence-electron chi connectivity index (χ1n) is 13.4. The highest BCUT2D eigenvalue weighted by Crippen LogP contribution is 2.49. The molecule has 1 aromatic heterocycles. The lowest BCUT2D eigenvalue weighted by molar-refractivity contribution is -0.0705. The summed E-state index contributed by atoms with van der Waals surface area (Å²) in [5.41, 5.74) is 4.02. The van der Waals surface area contributed by atoms with Crippen LogP contribution in [0.15, 0.2) is 54.6 Å². The average Bonchev–Trinajstić information content (AvgIpc) is 3.48. The van der Waals surface area contributed by atoms with E-state index in [4.69, 9.17) is 30.8 Å². The van der Waals surface area contributed by atoms with Crippen molar-refractivity contribution in [3.63, 3.8) is 0 Å². The average molecular weight is 567 g/mol. The molecule has 8 nitrogen and oxygen atoms in total. The molecule has 0 radical (unpaired) electrons. The van der Waals surface area contributed by atoms with Gasteiger partial charge in [-0.05, 0) is 48.0 Å². The lowest BCUT2D eigenvalue weighted by Gasteiger charge is -2.36. The molecule has 40 heavy (non-hydrogen) atoms. The molecule has 210 valence electrons. The predicted octanol–water partition coefficient (Wildman–Crippen LogP) is 4.93. The molecule has 2 aliphatic rings. The zero-order valence-corrected chi connectivity index (χ0v) is 23.3. The minimum absolute atomic E-state index is 0.00553. The van der Waals surface area contributed by atoms with E-state index in [1.54, 1.807) is 26.2 Å². The van der Waals surface area contributed by atoms with Crippen LogP contribution in [0.2, 0.25) is 5.02 Å². The van der Waals surface area contributed by atoms with Gasteiger partial charge in [-0.1, -0.05) is 23.7 Å². The second-order valence-corrected chi connectivity index (χ2v) is 10.7. The van der Waals surface area contributed by atoms with Gasteiger partial charge in [-0.3, -0.25) is 4.90 Å². The Bertz CT molecular complexity index is 1540. The zero-order valence-electron chi connectivity index (χ0n) is 22.6. The fourth-order valence-electron chi connectivity index (χ4n) is 5.55. The number of aliphatic hydroxyl groups excluding tert-OH is 1. The number of hydrogen-bond acceptors (Lipinski definition) is 7. The number of halogens is 2.